The zero-order valence-corrected chi connectivity index (χ0v) is 23.1. The third-order valence-corrected chi connectivity index (χ3v) is 9.62. The average Bonchev–Trinajstić information content (AvgIpc) is 3.84. The van der Waals surface area contributed by atoms with E-state index in [0.29, 0.717) is 0 Å². The molecule has 4 nitrogen and oxygen atoms in total. The minimum Gasteiger partial charge on any atom is -0.456 e. The van der Waals surface area contributed by atoms with Crippen LogP contribution in [0.3, 0.4) is 0 Å². The van der Waals surface area contributed by atoms with Crippen molar-refractivity contribution in [2.75, 3.05) is 0 Å². The fraction of sp³-hybridized carbons (Fsp3) is 0. The number of hydrogen-bond acceptors (Lipinski definition) is 3. The van der Waals surface area contributed by atoms with Gasteiger partial charge in [-0.1, -0.05) is 54.6 Å². The fourth-order valence-electron chi connectivity index (χ4n) is 6.79. The Hall–Kier alpha value is -5.39. The standard InChI is InChI=1S/C37H21N3OS/c1-3-7-31-25(5-1)26-6-2-4-8-32(26)39(31)24-11-14-36-29(21-24)28-19-23(10-13-35(28)41-36)22-9-12-27-30(20-22)37-34(16-18-42-37)40-33(27)15-17-38-40/h1-21H. The molecule has 5 heterocycles. The maximum absolute atomic E-state index is 6.33. The van der Waals surface area contributed by atoms with E-state index in [1.807, 2.05) is 10.7 Å². The second-order valence-electron chi connectivity index (χ2n) is 10.9. The van der Waals surface area contributed by atoms with Crippen molar-refractivity contribution < 1.29 is 4.42 Å². The van der Waals surface area contributed by atoms with Crippen LogP contribution in [0.1, 0.15) is 0 Å². The Morgan fingerprint density at radius 3 is 2.00 bits per heavy atom. The van der Waals surface area contributed by atoms with Crippen LogP contribution in [0.25, 0.3) is 87.1 Å². The second kappa shape index (κ2) is 8.09. The molecule has 0 radical (unpaired) electrons. The first kappa shape index (κ1) is 22.3. The van der Waals surface area contributed by atoms with Gasteiger partial charge in [0.15, 0.2) is 0 Å². The summed E-state index contributed by atoms with van der Waals surface area (Å²) in [5.41, 5.74) is 9.98. The summed E-state index contributed by atoms with van der Waals surface area (Å²) in [6.07, 6.45) is 1.88. The monoisotopic (exact) mass is 555 g/mol. The number of aromatic nitrogens is 3. The van der Waals surface area contributed by atoms with Crippen LogP contribution in [0.4, 0.5) is 0 Å². The van der Waals surface area contributed by atoms with Gasteiger partial charge in [-0.25, -0.2) is 4.52 Å². The van der Waals surface area contributed by atoms with Crippen molar-refractivity contribution in [3.05, 3.63) is 127 Å². The summed E-state index contributed by atoms with van der Waals surface area (Å²) >= 11 is 1.77. The molecule has 0 aliphatic rings. The lowest BCUT2D eigenvalue weighted by Crippen LogP contribution is -1.93. The summed E-state index contributed by atoms with van der Waals surface area (Å²) in [4.78, 5) is 0. The van der Waals surface area contributed by atoms with Crippen molar-refractivity contribution >= 4 is 81.6 Å². The number of rotatable bonds is 2. The van der Waals surface area contributed by atoms with Crippen LogP contribution in [0.2, 0.25) is 0 Å². The SMILES string of the molecule is c1ccc2c(c1)c1ccccc1n2-c1ccc2oc3ccc(-c4ccc5c(c4)c4sccc4n4nccc54)cc3c2c1. The molecule has 196 valence electrons. The molecule has 5 aromatic heterocycles. The third kappa shape index (κ3) is 2.93. The Bertz CT molecular complexity index is 2650. The molecule has 0 amide bonds. The molecule has 0 spiro atoms. The van der Waals surface area contributed by atoms with Gasteiger partial charge in [-0.3, -0.25) is 0 Å². The van der Waals surface area contributed by atoms with E-state index < -0.39 is 0 Å². The number of furan rings is 1. The second-order valence-corrected chi connectivity index (χ2v) is 11.8. The molecule has 0 saturated carbocycles. The van der Waals surface area contributed by atoms with Crippen molar-refractivity contribution in [2.24, 2.45) is 0 Å². The summed E-state index contributed by atoms with van der Waals surface area (Å²) in [7, 11) is 0. The lowest BCUT2D eigenvalue weighted by atomic mass is 9.99. The average molecular weight is 556 g/mol. The fourth-order valence-corrected chi connectivity index (χ4v) is 7.69. The van der Waals surface area contributed by atoms with Gasteiger partial charge in [-0.15, -0.1) is 11.3 Å². The van der Waals surface area contributed by atoms with Gasteiger partial charge in [0.05, 0.1) is 33.0 Å². The molecule has 0 bridgehead atoms. The van der Waals surface area contributed by atoms with E-state index in [2.05, 4.69) is 130 Å². The van der Waals surface area contributed by atoms with Gasteiger partial charge in [0.1, 0.15) is 11.2 Å². The zero-order valence-electron chi connectivity index (χ0n) is 22.3. The predicted molar refractivity (Wildman–Crippen MR) is 175 cm³/mol. The van der Waals surface area contributed by atoms with Gasteiger partial charge < -0.3 is 8.98 Å². The van der Waals surface area contributed by atoms with Crippen molar-refractivity contribution in [3.8, 4) is 16.8 Å². The quantitative estimate of drug-likeness (QED) is 0.213. The van der Waals surface area contributed by atoms with Crippen LogP contribution in [0, 0.1) is 0 Å². The molecular weight excluding hydrogens is 534 g/mol. The number of pyridine rings is 1. The van der Waals surface area contributed by atoms with E-state index in [0.717, 1.165) is 38.7 Å². The molecule has 10 rings (SSSR count). The van der Waals surface area contributed by atoms with E-state index in [1.54, 1.807) is 11.3 Å². The van der Waals surface area contributed by atoms with Crippen LogP contribution in [-0.2, 0) is 0 Å². The molecule has 0 N–H and O–H groups in total. The van der Waals surface area contributed by atoms with E-state index >= 15 is 0 Å². The Balaban J connectivity index is 1.19. The zero-order chi connectivity index (χ0) is 27.4. The summed E-state index contributed by atoms with van der Waals surface area (Å²) in [5.74, 6) is 0. The Morgan fingerprint density at radius 2 is 1.19 bits per heavy atom. The van der Waals surface area contributed by atoms with E-state index in [1.165, 1.54) is 48.4 Å². The number of hydrogen-bond donors (Lipinski definition) is 0. The highest BCUT2D eigenvalue weighted by molar-refractivity contribution is 7.18. The lowest BCUT2D eigenvalue weighted by Gasteiger charge is -2.09. The van der Waals surface area contributed by atoms with Crippen LogP contribution in [0.15, 0.2) is 131 Å². The van der Waals surface area contributed by atoms with Gasteiger partial charge >= 0.3 is 0 Å². The third-order valence-electron chi connectivity index (χ3n) is 8.68. The molecule has 42 heavy (non-hydrogen) atoms. The molecule has 5 aromatic carbocycles. The first-order valence-corrected chi connectivity index (χ1v) is 14.9. The molecule has 10 aromatic rings. The predicted octanol–water partition coefficient (Wildman–Crippen LogP) is 10.4. The summed E-state index contributed by atoms with van der Waals surface area (Å²) in [6, 6.07) is 41.4. The van der Waals surface area contributed by atoms with E-state index in [9.17, 15) is 0 Å². The number of benzene rings is 5. The van der Waals surface area contributed by atoms with Crippen molar-refractivity contribution in [1.29, 1.82) is 0 Å². The highest BCUT2D eigenvalue weighted by atomic mass is 32.1. The Labute approximate surface area is 243 Å². The number of para-hydroxylation sites is 2. The highest BCUT2D eigenvalue weighted by Crippen LogP contribution is 2.39. The largest absolute Gasteiger partial charge is 0.456 e. The normalized spacial score (nSPS) is 12.3. The van der Waals surface area contributed by atoms with Crippen LogP contribution < -0.4 is 0 Å². The smallest absolute Gasteiger partial charge is 0.135 e. The van der Waals surface area contributed by atoms with Crippen LogP contribution in [0.5, 0.6) is 0 Å². The van der Waals surface area contributed by atoms with Gasteiger partial charge in [0, 0.05) is 38.0 Å². The van der Waals surface area contributed by atoms with Crippen molar-refractivity contribution in [2.45, 2.75) is 0 Å². The van der Waals surface area contributed by atoms with Gasteiger partial charge in [0.25, 0.3) is 0 Å². The van der Waals surface area contributed by atoms with Crippen molar-refractivity contribution in [3.63, 3.8) is 0 Å². The van der Waals surface area contributed by atoms with Crippen LogP contribution >= 0.6 is 11.3 Å². The lowest BCUT2D eigenvalue weighted by molar-refractivity contribution is 0.669. The first-order chi connectivity index (χ1) is 20.8. The maximum Gasteiger partial charge on any atom is 0.135 e. The van der Waals surface area contributed by atoms with E-state index in [4.69, 9.17) is 4.42 Å². The molecule has 0 saturated heterocycles. The summed E-state index contributed by atoms with van der Waals surface area (Å²) in [6.45, 7) is 0. The summed E-state index contributed by atoms with van der Waals surface area (Å²) < 4.78 is 12.0. The molecule has 5 heteroatoms. The summed E-state index contributed by atoms with van der Waals surface area (Å²) in [5, 5.41) is 14.0. The van der Waals surface area contributed by atoms with Gasteiger partial charge in [0.2, 0.25) is 0 Å². The maximum atomic E-state index is 6.33. The van der Waals surface area contributed by atoms with Crippen LogP contribution in [-0.4, -0.2) is 14.2 Å². The molecule has 0 aliphatic heterocycles. The molecule has 0 fully saturated rings. The number of nitrogens with zero attached hydrogens (tertiary/aromatic N) is 3. The topological polar surface area (TPSA) is 35.4 Å². The minimum absolute atomic E-state index is 0.897. The minimum atomic E-state index is 0.897. The van der Waals surface area contributed by atoms with Gasteiger partial charge in [-0.05, 0) is 77.2 Å². The molecular formula is C37H21N3OS. The first-order valence-electron chi connectivity index (χ1n) is 14.0. The number of fused-ring (bicyclic) bond motifs is 12. The molecule has 0 unspecified atom stereocenters. The van der Waals surface area contributed by atoms with Crippen molar-refractivity contribution in [1.82, 2.24) is 14.2 Å². The number of thiophene rings is 1. The van der Waals surface area contributed by atoms with Gasteiger partial charge in [-0.2, -0.15) is 5.10 Å². The Kier molecular flexibility index (Phi) is 4.30. The Morgan fingerprint density at radius 1 is 0.524 bits per heavy atom. The highest BCUT2D eigenvalue weighted by Gasteiger charge is 2.16. The molecule has 0 atom stereocenters. The molecule has 0 aliphatic carbocycles. The van der Waals surface area contributed by atoms with E-state index in [-0.39, 0.29) is 0 Å².